The molecule has 1 heterocycles. The summed E-state index contributed by atoms with van der Waals surface area (Å²) in [5.74, 6) is 0.119. The Morgan fingerprint density at radius 2 is 1.77 bits per heavy atom. The van der Waals surface area contributed by atoms with Gasteiger partial charge in [0.1, 0.15) is 0 Å². The second kappa shape index (κ2) is 9.36. The summed E-state index contributed by atoms with van der Waals surface area (Å²) >= 11 is 0. The molecule has 3 aromatic rings. The van der Waals surface area contributed by atoms with E-state index in [1.54, 1.807) is 6.92 Å². The van der Waals surface area contributed by atoms with Crippen molar-refractivity contribution in [1.29, 1.82) is 0 Å². The summed E-state index contributed by atoms with van der Waals surface area (Å²) < 4.78 is 0. The Bertz CT molecular complexity index is 1050. The minimum atomic E-state index is 0.119. The summed E-state index contributed by atoms with van der Waals surface area (Å²) in [6.45, 7) is 3.94. The third-order valence-corrected chi connectivity index (χ3v) is 5.95. The fourth-order valence-electron chi connectivity index (χ4n) is 4.43. The van der Waals surface area contributed by atoms with Crippen LogP contribution in [0.25, 0.3) is 11.1 Å². The van der Waals surface area contributed by atoms with Gasteiger partial charge < -0.3 is 15.1 Å². The van der Waals surface area contributed by atoms with E-state index in [1.807, 2.05) is 11.0 Å². The number of fused-ring (bicyclic) bond motifs is 1. The van der Waals surface area contributed by atoms with Crippen molar-refractivity contribution in [3.8, 4) is 11.1 Å². The van der Waals surface area contributed by atoms with Crippen molar-refractivity contribution in [3.05, 3.63) is 89.5 Å². The van der Waals surface area contributed by atoms with Gasteiger partial charge in [-0.1, -0.05) is 60.7 Å². The topological polar surface area (TPSA) is 35.6 Å². The van der Waals surface area contributed by atoms with E-state index in [2.05, 4.69) is 91.0 Å². The highest BCUT2D eigenvalue weighted by atomic mass is 16.2. The largest absolute Gasteiger partial charge is 0.383 e. The van der Waals surface area contributed by atoms with Gasteiger partial charge in [-0.05, 0) is 60.5 Å². The van der Waals surface area contributed by atoms with Gasteiger partial charge in [-0.15, -0.1) is 0 Å². The molecule has 1 amide bonds. The maximum absolute atomic E-state index is 12.6. The van der Waals surface area contributed by atoms with Crippen molar-refractivity contribution < 1.29 is 4.79 Å². The average molecular weight is 414 g/mol. The van der Waals surface area contributed by atoms with Crippen molar-refractivity contribution in [1.82, 2.24) is 9.80 Å². The Hall–Kier alpha value is -3.11. The number of carbonyl (C=O) groups excluding carboxylic acids is 1. The second-order valence-corrected chi connectivity index (χ2v) is 8.64. The van der Waals surface area contributed by atoms with Gasteiger partial charge in [0.2, 0.25) is 5.91 Å². The molecular weight excluding hydrogens is 382 g/mol. The number of anilines is 1. The van der Waals surface area contributed by atoms with E-state index in [9.17, 15) is 4.79 Å². The molecule has 1 aliphatic rings. The highest BCUT2D eigenvalue weighted by molar-refractivity contribution is 5.76. The Morgan fingerprint density at radius 3 is 2.52 bits per heavy atom. The van der Waals surface area contributed by atoms with Gasteiger partial charge in [0.25, 0.3) is 0 Å². The first-order chi connectivity index (χ1) is 15.0. The lowest BCUT2D eigenvalue weighted by molar-refractivity contribution is -0.131. The molecule has 3 aromatic carbocycles. The Labute approximate surface area is 185 Å². The zero-order valence-corrected chi connectivity index (χ0v) is 18.6. The molecule has 0 fully saturated rings. The third-order valence-electron chi connectivity index (χ3n) is 5.95. The van der Waals surface area contributed by atoms with Crippen LogP contribution in [0, 0.1) is 0 Å². The number of rotatable bonds is 5. The summed E-state index contributed by atoms with van der Waals surface area (Å²) in [6.07, 6.45) is 0.847. The fraction of sp³-hybridized carbons (Fsp3) is 0.296. The molecule has 0 saturated carbocycles. The first-order valence-corrected chi connectivity index (χ1v) is 10.9. The van der Waals surface area contributed by atoms with Crippen LogP contribution in [0.5, 0.6) is 0 Å². The lowest BCUT2D eigenvalue weighted by Gasteiger charge is -2.29. The third kappa shape index (κ3) is 4.97. The monoisotopic (exact) mass is 413 g/mol. The van der Waals surface area contributed by atoms with Crippen LogP contribution < -0.4 is 5.32 Å². The predicted octanol–water partition coefficient (Wildman–Crippen LogP) is 4.80. The molecule has 0 unspecified atom stereocenters. The molecule has 4 nitrogen and oxygen atoms in total. The van der Waals surface area contributed by atoms with Crippen molar-refractivity contribution in [2.24, 2.45) is 0 Å². The summed E-state index contributed by atoms with van der Waals surface area (Å²) in [5.41, 5.74) is 7.30. The maximum Gasteiger partial charge on any atom is 0.220 e. The normalized spacial score (nSPS) is 15.9. The van der Waals surface area contributed by atoms with E-state index in [-0.39, 0.29) is 11.9 Å². The van der Waals surface area contributed by atoms with Gasteiger partial charge in [0.05, 0.1) is 6.04 Å². The quantitative estimate of drug-likeness (QED) is 0.653. The molecule has 160 valence electrons. The number of nitrogens with one attached hydrogen (secondary N) is 1. The van der Waals surface area contributed by atoms with Crippen LogP contribution in [0.2, 0.25) is 0 Å². The summed E-state index contributed by atoms with van der Waals surface area (Å²) in [7, 11) is 4.19. The van der Waals surface area contributed by atoms with E-state index < -0.39 is 0 Å². The molecule has 4 heteroatoms. The Balaban J connectivity index is 1.64. The lowest BCUT2D eigenvalue weighted by atomic mass is 9.97. The minimum absolute atomic E-state index is 0.119. The Morgan fingerprint density at radius 1 is 1.03 bits per heavy atom. The van der Waals surface area contributed by atoms with Crippen LogP contribution in [-0.2, 0) is 24.3 Å². The number of carbonyl (C=O) groups is 1. The summed E-state index contributed by atoms with van der Waals surface area (Å²) in [4.78, 5) is 16.8. The van der Waals surface area contributed by atoms with Crippen LogP contribution in [0.4, 0.5) is 5.69 Å². The summed E-state index contributed by atoms with van der Waals surface area (Å²) in [6, 6.07) is 25.7. The molecule has 1 atom stereocenters. The van der Waals surface area contributed by atoms with Crippen LogP contribution in [0.1, 0.15) is 23.6 Å². The highest BCUT2D eigenvalue weighted by Gasteiger charge is 2.26. The van der Waals surface area contributed by atoms with Crippen LogP contribution >= 0.6 is 0 Å². The van der Waals surface area contributed by atoms with E-state index >= 15 is 0 Å². The van der Waals surface area contributed by atoms with Crippen molar-refractivity contribution in [2.45, 2.75) is 32.5 Å². The van der Waals surface area contributed by atoms with Crippen molar-refractivity contribution in [3.63, 3.8) is 0 Å². The zero-order chi connectivity index (χ0) is 21.8. The number of hydrogen-bond acceptors (Lipinski definition) is 3. The van der Waals surface area contributed by atoms with E-state index in [0.29, 0.717) is 6.54 Å². The van der Waals surface area contributed by atoms with Crippen LogP contribution in [-0.4, -0.2) is 42.4 Å². The van der Waals surface area contributed by atoms with Crippen molar-refractivity contribution >= 4 is 11.6 Å². The first kappa shape index (κ1) is 21.1. The minimum Gasteiger partial charge on any atom is -0.383 e. The predicted molar refractivity (Wildman–Crippen MR) is 128 cm³/mol. The van der Waals surface area contributed by atoms with E-state index in [0.717, 1.165) is 25.2 Å². The van der Waals surface area contributed by atoms with Gasteiger partial charge in [0.15, 0.2) is 0 Å². The number of nitrogens with zero attached hydrogens (tertiary/aromatic N) is 2. The van der Waals surface area contributed by atoms with Crippen molar-refractivity contribution in [2.75, 3.05) is 26.0 Å². The fourth-order valence-corrected chi connectivity index (χ4v) is 4.43. The zero-order valence-electron chi connectivity index (χ0n) is 18.6. The van der Waals surface area contributed by atoms with Gasteiger partial charge in [0, 0.05) is 32.2 Å². The molecule has 0 bridgehead atoms. The van der Waals surface area contributed by atoms with Gasteiger partial charge in [-0.25, -0.2) is 0 Å². The summed E-state index contributed by atoms with van der Waals surface area (Å²) in [5, 5.41) is 3.60. The number of amides is 1. The molecule has 0 aliphatic carbocycles. The smallest absolute Gasteiger partial charge is 0.220 e. The molecule has 4 rings (SSSR count). The molecule has 0 radical (unpaired) electrons. The number of benzene rings is 3. The standard InChI is InChI=1S/C27H31N3O/c1-20(31)30-19-24-16-22(26-12-8-7-11-23(26)18-29(2)3)13-14-27(24)28-17-25(30)15-21-9-5-4-6-10-21/h4-14,16,25,28H,15,17-19H2,1-3H3/t25-/m1/s1. The van der Waals surface area contributed by atoms with Gasteiger partial charge in [-0.2, -0.15) is 0 Å². The molecule has 1 N–H and O–H groups in total. The molecular formula is C27H31N3O. The Kier molecular flexibility index (Phi) is 6.38. The SMILES string of the molecule is CC(=O)N1Cc2cc(-c3ccccc3CN(C)C)ccc2NC[C@H]1Cc1ccccc1. The molecule has 31 heavy (non-hydrogen) atoms. The van der Waals surface area contributed by atoms with E-state index in [1.165, 1.54) is 27.8 Å². The molecule has 0 aromatic heterocycles. The molecule has 0 spiro atoms. The highest BCUT2D eigenvalue weighted by Crippen LogP contribution is 2.31. The maximum atomic E-state index is 12.6. The van der Waals surface area contributed by atoms with Crippen LogP contribution in [0.3, 0.4) is 0 Å². The van der Waals surface area contributed by atoms with Gasteiger partial charge in [-0.3, -0.25) is 4.79 Å². The first-order valence-electron chi connectivity index (χ1n) is 10.9. The van der Waals surface area contributed by atoms with Crippen LogP contribution in [0.15, 0.2) is 72.8 Å². The van der Waals surface area contributed by atoms with Gasteiger partial charge >= 0.3 is 0 Å². The second-order valence-electron chi connectivity index (χ2n) is 8.64. The van der Waals surface area contributed by atoms with E-state index in [4.69, 9.17) is 0 Å². The molecule has 0 saturated heterocycles. The number of hydrogen-bond donors (Lipinski definition) is 1. The molecule has 1 aliphatic heterocycles. The lowest BCUT2D eigenvalue weighted by Crippen LogP contribution is -2.42. The average Bonchev–Trinajstić information content (AvgIpc) is 2.94.